The molecule has 0 saturated carbocycles. The molecule has 0 radical (unpaired) electrons. The lowest BCUT2D eigenvalue weighted by atomic mass is 9.95. The number of thiocarbonyl (C=S) groups is 1. The maximum Gasteiger partial charge on any atom is 0.341 e. The van der Waals surface area contributed by atoms with Crippen LogP contribution in [-0.4, -0.2) is 23.6 Å². The minimum atomic E-state index is -0.355. The highest BCUT2D eigenvalue weighted by Crippen LogP contribution is 2.38. The zero-order chi connectivity index (χ0) is 19.4. The van der Waals surface area contributed by atoms with Crippen molar-refractivity contribution in [3.63, 3.8) is 0 Å². The van der Waals surface area contributed by atoms with Crippen molar-refractivity contribution in [1.29, 1.82) is 0 Å². The molecule has 1 amide bonds. The van der Waals surface area contributed by atoms with E-state index in [1.165, 1.54) is 16.2 Å². The van der Waals surface area contributed by atoms with E-state index in [1.807, 2.05) is 0 Å². The fraction of sp³-hybridized carbons (Fsp3) is 0.316. The molecule has 2 N–H and O–H groups in total. The van der Waals surface area contributed by atoms with Gasteiger partial charge >= 0.3 is 5.97 Å². The molecule has 1 aliphatic rings. The van der Waals surface area contributed by atoms with Gasteiger partial charge in [0.1, 0.15) is 5.00 Å². The normalized spacial score (nSPS) is 12.8. The Balaban J connectivity index is 1.77. The second kappa shape index (κ2) is 8.82. The maximum absolute atomic E-state index is 12.5. The van der Waals surface area contributed by atoms with Crippen molar-refractivity contribution in [2.24, 2.45) is 0 Å². The zero-order valence-electron chi connectivity index (χ0n) is 14.8. The highest BCUT2D eigenvalue weighted by molar-refractivity contribution is 7.80. The minimum Gasteiger partial charge on any atom is -0.462 e. The van der Waals surface area contributed by atoms with Crippen molar-refractivity contribution in [3.05, 3.63) is 50.9 Å². The van der Waals surface area contributed by atoms with Crippen LogP contribution in [0.4, 0.5) is 5.00 Å². The number of rotatable bonds is 4. The van der Waals surface area contributed by atoms with Crippen molar-refractivity contribution < 1.29 is 14.3 Å². The number of amides is 1. The molecule has 0 aliphatic heterocycles. The number of ether oxygens (including phenoxy) is 1. The molecular weight excluding hydrogens is 404 g/mol. The lowest BCUT2D eigenvalue weighted by Crippen LogP contribution is -2.34. The van der Waals surface area contributed by atoms with Gasteiger partial charge in [-0.05, 0) is 74.7 Å². The number of halogens is 1. The van der Waals surface area contributed by atoms with E-state index in [2.05, 4.69) is 10.6 Å². The number of hydrogen-bond donors (Lipinski definition) is 2. The second-order valence-electron chi connectivity index (χ2n) is 6.05. The van der Waals surface area contributed by atoms with Gasteiger partial charge in [-0.15, -0.1) is 11.3 Å². The largest absolute Gasteiger partial charge is 0.462 e. The van der Waals surface area contributed by atoms with Gasteiger partial charge in [0.15, 0.2) is 5.11 Å². The molecule has 1 heterocycles. The fourth-order valence-corrected chi connectivity index (χ4v) is 4.65. The molecule has 3 rings (SSSR count). The topological polar surface area (TPSA) is 67.4 Å². The Kier molecular flexibility index (Phi) is 6.46. The molecule has 0 atom stereocenters. The summed E-state index contributed by atoms with van der Waals surface area (Å²) < 4.78 is 5.22. The Morgan fingerprint density at radius 1 is 1.22 bits per heavy atom. The van der Waals surface area contributed by atoms with Crippen LogP contribution in [0.2, 0.25) is 5.02 Å². The summed E-state index contributed by atoms with van der Waals surface area (Å²) in [5, 5.41) is 6.96. The van der Waals surface area contributed by atoms with Crippen LogP contribution in [0.25, 0.3) is 0 Å². The van der Waals surface area contributed by atoms with Gasteiger partial charge < -0.3 is 10.1 Å². The van der Waals surface area contributed by atoms with Crippen molar-refractivity contribution in [3.8, 4) is 0 Å². The number of esters is 1. The fourth-order valence-electron chi connectivity index (χ4n) is 2.98. The third-order valence-corrected chi connectivity index (χ3v) is 5.87. The van der Waals surface area contributed by atoms with E-state index in [1.54, 1.807) is 31.2 Å². The highest BCUT2D eigenvalue weighted by atomic mass is 35.5. The first kappa shape index (κ1) is 19.8. The molecule has 5 nitrogen and oxygen atoms in total. The summed E-state index contributed by atoms with van der Waals surface area (Å²) in [5.41, 5.74) is 2.03. The van der Waals surface area contributed by atoms with Crippen LogP contribution in [-0.2, 0) is 17.6 Å². The molecule has 27 heavy (non-hydrogen) atoms. The van der Waals surface area contributed by atoms with E-state index in [4.69, 9.17) is 28.6 Å². The van der Waals surface area contributed by atoms with Crippen molar-refractivity contribution in [2.75, 3.05) is 11.9 Å². The van der Waals surface area contributed by atoms with Crippen LogP contribution in [0, 0.1) is 0 Å². The van der Waals surface area contributed by atoms with Gasteiger partial charge in [-0.25, -0.2) is 4.79 Å². The Bertz CT molecular complexity index is 878. The molecule has 142 valence electrons. The van der Waals surface area contributed by atoms with Crippen LogP contribution >= 0.6 is 35.2 Å². The summed E-state index contributed by atoms with van der Waals surface area (Å²) in [6.07, 6.45) is 3.95. The molecule has 0 bridgehead atoms. The average Bonchev–Trinajstić information content (AvgIpc) is 3.00. The summed E-state index contributed by atoms with van der Waals surface area (Å²) in [7, 11) is 0. The van der Waals surface area contributed by atoms with Crippen LogP contribution in [0.1, 0.15) is 50.9 Å². The second-order valence-corrected chi connectivity index (χ2v) is 8.00. The van der Waals surface area contributed by atoms with Gasteiger partial charge in [-0.2, -0.15) is 0 Å². The van der Waals surface area contributed by atoms with Crippen LogP contribution in [0.5, 0.6) is 0 Å². The third kappa shape index (κ3) is 4.66. The number of fused-ring (bicyclic) bond motifs is 1. The van der Waals surface area contributed by atoms with Gasteiger partial charge in [0, 0.05) is 15.5 Å². The first-order valence-electron chi connectivity index (χ1n) is 8.69. The van der Waals surface area contributed by atoms with E-state index in [9.17, 15) is 9.59 Å². The van der Waals surface area contributed by atoms with Gasteiger partial charge in [0.05, 0.1) is 12.2 Å². The third-order valence-electron chi connectivity index (χ3n) is 4.21. The minimum absolute atomic E-state index is 0.138. The van der Waals surface area contributed by atoms with Crippen molar-refractivity contribution in [2.45, 2.75) is 32.6 Å². The van der Waals surface area contributed by atoms with Gasteiger partial charge in [-0.1, -0.05) is 11.6 Å². The SMILES string of the molecule is CCOC(=O)c1c(NC(=S)NC(=O)c2ccc(Cl)cc2)sc2c1CCCC2. The highest BCUT2D eigenvalue weighted by Gasteiger charge is 2.27. The number of hydrogen-bond acceptors (Lipinski definition) is 5. The Morgan fingerprint density at radius 3 is 2.63 bits per heavy atom. The molecule has 0 fully saturated rings. The van der Waals surface area contributed by atoms with Gasteiger partial charge in [0.25, 0.3) is 5.91 Å². The number of aryl methyl sites for hydroxylation is 1. The average molecular weight is 423 g/mol. The molecule has 1 aromatic carbocycles. The molecule has 1 aromatic heterocycles. The Morgan fingerprint density at radius 2 is 1.93 bits per heavy atom. The van der Waals surface area contributed by atoms with Crippen molar-refractivity contribution >= 4 is 57.1 Å². The Labute approximate surface area is 172 Å². The summed E-state index contributed by atoms with van der Waals surface area (Å²) in [4.78, 5) is 25.9. The van der Waals surface area contributed by atoms with E-state index < -0.39 is 0 Å². The van der Waals surface area contributed by atoms with Crippen molar-refractivity contribution in [1.82, 2.24) is 5.32 Å². The van der Waals surface area contributed by atoms with E-state index in [0.717, 1.165) is 31.2 Å². The predicted molar refractivity (Wildman–Crippen MR) is 112 cm³/mol. The maximum atomic E-state index is 12.5. The summed E-state index contributed by atoms with van der Waals surface area (Å²) >= 11 is 12.6. The van der Waals surface area contributed by atoms with Gasteiger partial charge in [-0.3, -0.25) is 10.1 Å². The monoisotopic (exact) mass is 422 g/mol. The lowest BCUT2D eigenvalue weighted by Gasteiger charge is -2.13. The summed E-state index contributed by atoms with van der Waals surface area (Å²) in [5.74, 6) is -0.700. The van der Waals surface area contributed by atoms with E-state index >= 15 is 0 Å². The number of nitrogens with one attached hydrogen (secondary N) is 2. The quantitative estimate of drug-likeness (QED) is 0.557. The zero-order valence-corrected chi connectivity index (χ0v) is 17.2. The molecule has 8 heteroatoms. The smallest absolute Gasteiger partial charge is 0.341 e. The van der Waals surface area contributed by atoms with Crippen LogP contribution in [0.3, 0.4) is 0 Å². The van der Waals surface area contributed by atoms with Gasteiger partial charge in [0.2, 0.25) is 0 Å². The number of anilines is 1. The Hall–Kier alpha value is -1.96. The molecule has 1 aliphatic carbocycles. The molecule has 0 spiro atoms. The number of carbonyl (C=O) groups excluding carboxylic acids is 2. The van der Waals surface area contributed by atoms with E-state index in [0.29, 0.717) is 27.8 Å². The standard InChI is InChI=1S/C19H19ClN2O3S2/c1-2-25-18(24)15-13-5-3-4-6-14(13)27-17(15)22-19(26)21-16(23)11-7-9-12(20)10-8-11/h7-10H,2-6H2,1H3,(H2,21,22,23,26). The number of thiophene rings is 1. The van der Waals surface area contributed by atoms with E-state index in [-0.39, 0.29) is 17.0 Å². The molecule has 0 saturated heterocycles. The summed E-state index contributed by atoms with van der Waals surface area (Å²) in [6.45, 7) is 2.08. The number of benzene rings is 1. The van der Waals surface area contributed by atoms with Crippen LogP contribution in [0.15, 0.2) is 24.3 Å². The molecule has 0 unspecified atom stereocenters. The molecular formula is C19H19ClN2O3S2. The lowest BCUT2D eigenvalue weighted by molar-refractivity contribution is 0.0526. The molecule has 2 aromatic rings. The van der Waals surface area contributed by atoms with Crippen LogP contribution < -0.4 is 10.6 Å². The summed E-state index contributed by atoms with van der Waals surface area (Å²) in [6, 6.07) is 6.51. The first-order valence-corrected chi connectivity index (χ1v) is 10.3. The number of carbonyl (C=O) groups is 2. The first-order chi connectivity index (χ1) is 13.0. The predicted octanol–water partition coefficient (Wildman–Crippen LogP) is 4.58.